The van der Waals surface area contributed by atoms with E-state index in [0.29, 0.717) is 17.1 Å². The maximum atomic E-state index is 9.51. The Hall–Kier alpha value is -11.9. The Balaban J connectivity index is 0.000000124. The fourth-order valence-electron chi connectivity index (χ4n) is 13.1. The first-order chi connectivity index (χ1) is 47.3. The van der Waals surface area contributed by atoms with Gasteiger partial charge in [-0.2, -0.15) is 0 Å². The number of halogens is 1. The van der Waals surface area contributed by atoms with E-state index in [2.05, 4.69) is 226 Å². The Morgan fingerprint density at radius 2 is 0.604 bits per heavy atom. The van der Waals surface area contributed by atoms with Crippen LogP contribution in [0.1, 0.15) is 0 Å². The van der Waals surface area contributed by atoms with E-state index in [4.69, 9.17) is 19.9 Å². The largest absolute Gasteiger partial charge is 0.489 e. The van der Waals surface area contributed by atoms with Gasteiger partial charge in [-0.3, -0.25) is 9.97 Å². The number of aromatic nitrogens is 6. The summed E-state index contributed by atoms with van der Waals surface area (Å²) in [5.41, 5.74) is 17.2. The van der Waals surface area contributed by atoms with E-state index in [-0.39, 0.29) is 0 Å². The number of hydrogen-bond donors (Lipinski definition) is 2. The molecule has 0 aliphatic rings. The minimum Gasteiger partial charge on any atom is -0.423 e. The van der Waals surface area contributed by atoms with Crippen molar-refractivity contribution < 1.29 is 10.0 Å². The second-order valence-corrected chi connectivity index (χ2v) is 24.6. The third-order valence-corrected chi connectivity index (χ3v) is 18.4. The maximum absolute atomic E-state index is 9.51. The van der Waals surface area contributed by atoms with E-state index in [1.807, 2.05) is 109 Å². The molecule has 8 nitrogen and oxygen atoms in total. The van der Waals surface area contributed by atoms with Crippen molar-refractivity contribution in [3.63, 3.8) is 0 Å². The highest BCUT2D eigenvalue weighted by Gasteiger charge is 2.19. The van der Waals surface area contributed by atoms with Gasteiger partial charge in [0.15, 0.2) is 11.6 Å². The second-order valence-electron chi connectivity index (χ2n) is 23.7. The fourth-order valence-corrected chi connectivity index (χ4v) is 13.3. The molecule has 0 aliphatic heterocycles. The summed E-state index contributed by atoms with van der Waals surface area (Å²) in [6, 6.07) is 105. The van der Waals surface area contributed by atoms with Gasteiger partial charge in [0, 0.05) is 62.6 Å². The van der Waals surface area contributed by atoms with E-state index in [1.54, 1.807) is 18.5 Å². The van der Waals surface area contributed by atoms with Gasteiger partial charge in [0.1, 0.15) is 0 Å². The smallest absolute Gasteiger partial charge is 0.423 e. The average Bonchev–Trinajstić information content (AvgIpc) is 0.752. The molecule has 18 aromatic rings. The van der Waals surface area contributed by atoms with E-state index < -0.39 is 7.12 Å². The van der Waals surface area contributed by atoms with Gasteiger partial charge in [-0.1, -0.05) is 283 Å². The Morgan fingerprint density at radius 1 is 0.260 bits per heavy atom. The summed E-state index contributed by atoms with van der Waals surface area (Å²) in [7, 11) is -1.44. The molecule has 0 fully saturated rings. The number of hydrogen-bond acceptors (Lipinski definition) is 8. The third-order valence-electron chi connectivity index (χ3n) is 17.9. The van der Waals surface area contributed by atoms with E-state index in [0.717, 1.165) is 99.0 Å². The third kappa shape index (κ3) is 11.8. The minimum atomic E-state index is -1.44. The summed E-state index contributed by atoms with van der Waals surface area (Å²) in [5.74, 6) is 1.42. The van der Waals surface area contributed by atoms with Gasteiger partial charge in [-0.25, -0.2) is 19.9 Å². The molecule has 96 heavy (non-hydrogen) atoms. The summed E-state index contributed by atoms with van der Waals surface area (Å²) in [6.07, 6.45) is 7.34. The Labute approximate surface area is 563 Å². The van der Waals surface area contributed by atoms with Crippen molar-refractivity contribution in [2.24, 2.45) is 0 Å². The zero-order chi connectivity index (χ0) is 64.5. The van der Waals surface area contributed by atoms with Gasteiger partial charge in [0.25, 0.3) is 0 Å². The van der Waals surface area contributed by atoms with Crippen molar-refractivity contribution in [2.45, 2.75) is 0 Å². The average molecular weight is 1300 g/mol. The molecule has 0 aliphatic carbocycles. The molecule has 10 heteroatoms. The van der Waals surface area contributed by atoms with Crippen molar-refractivity contribution in [2.75, 3.05) is 0 Å². The van der Waals surface area contributed by atoms with Gasteiger partial charge in [-0.05, 0) is 140 Å². The summed E-state index contributed by atoms with van der Waals surface area (Å²) >= 11 is 3.51. The van der Waals surface area contributed by atoms with Crippen LogP contribution in [0.25, 0.3) is 166 Å². The zero-order valence-corrected chi connectivity index (χ0v) is 53.3. The molecule has 0 unspecified atom stereocenters. The van der Waals surface area contributed by atoms with Crippen molar-refractivity contribution >= 4 is 93.1 Å². The van der Waals surface area contributed by atoms with Crippen LogP contribution in [0.5, 0.6) is 0 Å². The van der Waals surface area contributed by atoms with Crippen LogP contribution in [0.15, 0.2) is 333 Å². The molecule has 4 heterocycles. The molecule has 0 bridgehead atoms. The van der Waals surface area contributed by atoms with Crippen LogP contribution in [0.4, 0.5) is 0 Å². The molecular formula is C86H56BBrN6O2. The molecular weight excluding hydrogens is 1240 g/mol. The van der Waals surface area contributed by atoms with Crippen LogP contribution in [0, 0.1) is 0 Å². The SMILES string of the molecule is Brc1ccc(-c2cc(-c3ccc(-c4cccnc4)cc3)nc(-c3ccccc3)n2)cc1.OB(O)c1ccc2ccc3cccc4ccc1c2c34.c1ccc(-c2nc(-c3ccc(-c4cccnc4)cc3)cc(-c3ccc(-c4ccc5ccc6cccc7ccc4c5c67)cc3)n2)cc1. The molecule has 452 valence electrons. The monoisotopic (exact) mass is 1290 g/mol. The van der Waals surface area contributed by atoms with Crippen LogP contribution >= 0.6 is 15.9 Å². The van der Waals surface area contributed by atoms with Crippen LogP contribution in [0.2, 0.25) is 0 Å². The second kappa shape index (κ2) is 25.9. The lowest BCUT2D eigenvalue weighted by molar-refractivity contribution is 0.426. The van der Waals surface area contributed by atoms with Crippen molar-refractivity contribution in [1.29, 1.82) is 0 Å². The van der Waals surface area contributed by atoms with Gasteiger partial charge in [0.2, 0.25) is 0 Å². The highest BCUT2D eigenvalue weighted by atomic mass is 79.9. The van der Waals surface area contributed by atoms with Gasteiger partial charge in [-0.15, -0.1) is 0 Å². The minimum absolute atomic E-state index is 0.561. The summed E-state index contributed by atoms with van der Waals surface area (Å²) in [5, 5.41) is 33.5. The molecule has 4 aromatic heterocycles. The molecule has 0 spiro atoms. The molecule has 0 saturated carbocycles. The van der Waals surface area contributed by atoms with Crippen LogP contribution in [-0.4, -0.2) is 47.1 Å². The lowest BCUT2D eigenvalue weighted by Gasteiger charge is -2.14. The van der Waals surface area contributed by atoms with E-state index >= 15 is 0 Å². The lowest BCUT2D eigenvalue weighted by Crippen LogP contribution is -2.30. The standard InChI is InChI=1S/C43H27N3.C27H18BrN3.C16H11BO2/c1-2-6-35(7-3-1)43-45-39(30-15-11-28(12-16-30)36-10-5-25-44-27-36)26-40(46-43)31-17-13-29(14-18-31)37-23-21-34-20-19-32-8-4-9-33-22-24-38(37)42(34)41(32)33;28-24-14-12-21(13-15-24)26-17-25(30-27(31-26)22-5-2-1-3-6-22)20-10-8-19(9-11-20)23-7-4-16-29-18-23;18-17(19)14-9-7-12-5-4-10-2-1-3-11-6-8-13(14)16(12)15(10)11/h1-27H;1-18H;1-9,18-19H. The Morgan fingerprint density at radius 3 is 1.02 bits per heavy atom. The van der Waals surface area contributed by atoms with E-state index in [9.17, 15) is 10.0 Å². The van der Waals surface area contributed by atoms with Gasteiger partial charge in [0.05, 0.1) is 22.8 Å². The zero-order valence-electron chi connectivity index (χ0n) is 51.7. The maximum Gasteiger partial charge on any atom is 0.489 e. The molecule has 18 rings (SSSR count). The Kier molecular flexibility index (Phi) is 15.9. The van der Waals surface area contributed by atoms with Crippen molar-refractivity contribution in [3.05, 3.63) is 333 Å². The number of benzene rings is 14. The molecule has 0 saturated heterocycles. The van der Waals surface area contributed by atoms with Crippen molar-refractivity contribution in [3.8, 4) is 101 Å². The summed E-state index contributed by atoms with van der Waals surface area (Å²) in [6.45, 7) is 0. The normalized spacial score (nSPS) is 11.3. The predicted molar refractivity (Wildman–Crippen MR) is 400 cm³/mol. The van der Waals surface area contributed by atoms with E-state index in [1.165, 1.54) is 59.6 Å². The number of rotatable bonds is 10. The number of nitrogens with zero attached hydrogens (tertiary/aromatic N) is 6. The topological polar surface area (TPSA) is 118 Å². The van der Waals surface area contributed by atoms with Crippen LogP contribution in [-0.2, 0) is 0 Å². The highest BCUT2D eigenvalue weighted by Crippen LogP contribution is 2.41. The first kappa shape index (κ1) is 59.1. The Bertz CT molecular complexity index is 5740. The highest BCUT2D eigenvalue weighted by molar-refractivity contribution is 9.10. The molecule has 2 N–H and O–H groups in total. The fraction of sp³-hybridized carbons (Fsp3) is 0. The van der Waals surface area contributed by atoms with Crippen LogP contribution in [0.3, 0.4) is 0 Å². The van der Waals surface area contributed by atoms with Gasteiger partial charge < -0.3 is 10.0 Å². The van der Waals surface area contributed by atoms with Crippen LogP contribution < -0.4 is 5.46 Å². The van der Waals surface area contributed by atoms with Crippen molar-refractivity contribution in [1.82, 2.24) is 29.9 Å². The molecule has 0 radical (unpaired) electrons. The molecule has 0 amide bonds. The molecule has 0 atom stereocenters. The number of pyridine rings is 2. The lowest BCUT2D eigenvalue weighted by atomic mass is 9.75. The summed E-state index contributed by atoms with van der Waals surface area (Å²) < 4.78 is 1.04. The van der Waals surface area contributed by atoms with Gasteiger partial charge >= 0.3 is 7.12 Å². The first-order valence-corrected chi connectivity index (χ1v) is 32.6. The predicted octanol–water partition coefficient (Wildman–Crippen LogP) is 20.7. The first-order valence-electron chi connectivity index (χ1n) is 31.8. The quantitative estimate of drug-likeness (QED) is 0.103. The molecule has 14 aromatic carbocycles. The summed E-state index contributed by atoms with van der Waals surface area (Å²) in [4.78, 5) is 28.3.